The molecule has 1 aliphatic rings. The molecule has 0 fully saturated rings. The Morgan fingerprint density at radius 3 is 2.41 bits per heavy atom. The highest BCUT2D eigenvalue weighted by atomic mass is 32.2. The smallest absolute Gasteiger partial charge is 0.280 e. The average molecular weight is 389 g/mol. The Bertz CT molecular complexity index is 1030. The summed E-state index contributed by atoms with van der Waals surface area (Å²) in [7, 11) is -2.25. The largest absolute Gasteiger partial charge is 0.465 e. The number of carbonyl (C=O) groups excluding carboxylic acids is 2. The first kappa shape index (κ1) is 18.9. The van der Waals surface area contributed by atoms with E-state index in [-0.39, 0.29) is 4.90 Å². The number of likely N-dealkylation sites (N-methyl/N-ethyl adjacent to an activating group) is 1. The second kappa shape index (κ2) is 6.36. The summed E-state index contributed by atoms with van der Waals surface area (Å²) in [5.74, 6) is -0.766. The van der Waals surface area contributed by atoms with Gasteiger partial charge in [0.2, 0.25) is 10.0 Å². The molecule has 27 heavy (non-hydrogen) atoms. The van der Waals surface area contributed by atoms with Crippen LogP contribution in [0.5, 0.6) is 5.75 Å². The van der Waals surface area contributed by atoms with Gasteiger partial charge in [0.15, 0.2) is 0 Å². The van der Waals surface area contributed by atoms with E-state index in [4.69, 9.17) is 9.88 Å². The number of carbonyl (C=O) groups is 2. The number of rotatable bonds is 3. The molecule has 0 bridgehead atoms. The highest BCUT2D eigenvalue weighted by Gasteiger charge is 2.49. The first-order valence-electron chi connectivity index (χ1n) is 8.04. The predicted octanol–water partition coefficient (Wildman–Crippen LogP) is 1.40. The van der Waals surface area contributed by atoms with Crippen LogP contribution in [-0.4, -0.2) is 32.9 Å². The summed E-state index contributed by atoms with van der Waals surface area (Å²) in [5.41, 5.74) is 0.0838. The van der Waals surface area contributed by atoms with Crippen LogP contribution in [0.15, 0.2) is 47.4 Å². The lowest BCUT2D eigenvalue weighted by Crippen LogP contribution is -2.59. The number of fused-ring (bicyclic) bond motifs is 1. The normalized spacial score (nSPS) is 19.3. The minimum atomic E-state index is -3.83. The van der Waals surface area contributed by atoms with Gasteiger partial charge in [-0.2, -0.15) is 0 Å². The summed E-state index contributed by atoms with van der Waals surface area (Å²) in [6, 6.07) is 10.6. The van der Waals surface area contributed by atoms with Crippen molar-refractivity contribution in [3.05, 3.63) is 48.0 Å². The van der Waals surface area contributed by atoms with E-state index >= 15 is 0 Å². The molecule has 0 aromatic heterocycles. The van der Waals surface area contributed by atoms with E-state index in [2.05, 4.69) is 5.32 Å². The van der Waals surface area contributed by atoms with Crippen molar-refractivity contribution in [3.8, 4) is 5.75 Å². The van der Waals surface area contributed by atoms with Crippen LogP contribution in [0.3, 0.4) is 0 Å². The minimum absolute atomic E-state index is 0.0827. The van der Waals surface area contributed by atoms with Crippen molar-refractivity contribution in [2.24, 2.45) is 5.14 Å². The first-order valence-corrected chi connectivity index (χ1v) is 9.59. The Balaban J connectivity index is 1.87. The fraction of sp³-hybridized carbons (Fsp3) is 0.222. The van der Waals surface area contributed by atoms with Gasteiger partial charge >= 0.3 is 0 Å². The van der Waals surface area contributed by atoms with E-state index in [0.29, 0.717) is 17.1 Å². The maximum Gasteiger partial charge on any atom is 0.280 e. The molecule has 1 heterocycles. The van der Waals surface area contributed by atoms with Gasteiger partial charge in [0.25, 0.3) is 17.4 Å². The average Bonchev–Trinajstić information content (AvgIpc) is 2.60. The standard InChI is InChI=1S/C18H19N3O5S/c1-11-4-9-15-14(10-11)21(3)17(23)18(2,26-15)16(22)20-12-5-7-13(8-6-12)27(19,24)25/h4-10H,1-3H3,(H,20,22)(H2,19,24,25). The number of anilines is 2. The van der Waals surface area contributed by atoms with Crippen molar-refractivity contribution in [1.29, 1.82) is 0 Å². The Hall–Kier alpha value is -2.91. The van der Waals surface area contributed by atoms with Gasteiger partial charge in [-0.3, -0.25) is 9.59 Å². The van der Waals surface area contributed by atoms with Gasteiger partial charge in [0.05, 0.1) is 10.6 Å². The van der Waals surface area contributed by atoms with Gasteiger partial charge in [-0.25, -0.2) is 13.6 Å². The van der Waals surface area contributed by atoms with Crippen molar-refractivity contribution in [1.82, 2.24) is 0 Å². The number of nitrogens with zero attached hydrogens (tertiary/aromatic N) is 1. The molecule has 0 spiro atoms. The zero-order valence-corrected chi connectivity index (χ0v) is 15.8. The van der Waals surface area contributed by atoms with E-state index in [1.807, 2.05) is 13.0 Å². The van der Waals surface area contributed by atoms with Crippen LogP contribution in [0, 0.1) is 6.92 Å². The van der Waals surface area contributed by atoms with Crippen LogP contribution in [0.25, 0.3) is 0 Å². The molecule has 3 rings (SSSR count). The van der Waals surface area contributed by atoms with E-state index in [1.54, 1.807) is 19.2 Å². The summed E-state index contributed by atoms with van der Waals surface area (Å²) >= 11 is 0. The predicted molar refractivity (Wildman–Crippen MR) is 100 cm³/mol. The van der Waals surface area contributed by atoms with Crippen LogP contribution in [0.4, 0.5) is 11.4 Å². The molecule has 8 nitrogen and oxygen atoms in total. The van der Waals surface area contributed by atoms with E-state index in [1.165, 1.54) is 36.1 Å². The van der Waals surface area contributed by atoms with Gasteiger partial charge < -0.3 is 15.0 Å². The summed E-state index contributed by atoms with van der Waals surface area (Å²) in [5, 5.41) is 7.63. The number of aryl methyl sites for hydroxylation is 1. The molecule has 142 valence electrons. The molecule has 0 saturated carbocycles. The molecule has 0 aliphatic carbocycles. The zero-order chi connectivity index (χ0) is 20.0. The summed E-state index contributed by atoms with van der Waals surface area (Å²) in [6.45, 7) is 3.28. The highest BCUT2D eigenvalue weighted by molar-refractivity contribution is 7.89. The lowest BCUT2D eigenvalue weighted by atomic mass is 9.99. The zero-order valence-electron chi connectivity index (χ0n) is 15.0. The summed E-state index contributed by atoms with van der Waals surface area (Å²) < 4.78 is 28.4. The van der Waals surface area contributed by atoms with Crippen LogP contribution in [-0.2, 0) is 19.6 Å². The number of hydrogen-bond donors (Lipinski definition) is 2. The number of amides is 2. The monoisotopic (exact) mass is 389 g/mol. The maximum atomic E-state index is 12.8. The third kappa shape index (κ3) is 3.38. The molecule has 0 saturated heterocycles. The summed E-state index contributed by atoms with van der Waals surface area (Å²) in [4.78, 5) is 26.9. The fourth-order valence-electron chi connectivity index (χ4n) is 2.79. The van der Waals surface area contributed by atoms with E-state index in [9.17, 15) is 18.0 Å². The Kier molecular flexibility index (Phi) is 4.44. The minimum Gasteiger partial charge on any atom is -0.465 e. The van der Waals surface area contributed by atoms with Crippen molar-refractivity contribution in [2.45, 2.75) is 24.3 Å². The topological polar surface area (TPSA) is 119 Å². The molecule has 1 aliphatic heterocycles. The number of primary sulfonamides is 1. The maximum absolute atomic E-state index is 12.8. The molecule has 2 amide bonds. The number of hydrogen-bond acceptors (Lipinski definition) is 5. The lowest BCUT2D eigenvalue weighted by Gasteiger charge is -2.38. The van der Waals surface area contributed by atoms with Gasteiger partial charge in [-0.15, -0.1) is 0 Å². The van der Waals surface area contributed by atoms with Gasteiger partial charge in [-0.05, 0) is 55.8 Å². The Labute approximate surface area is 157 Å². The Morgan fingerprint density at radius 1 is 1.19 bits per heavy atom. The SMILES string of the molecule is Cc1ccc2c(c1)N(C)C(=O)C(C)(C(=O)Nc1ccc(S(N)(=O)=O)cc1)O2. The number of nitrogens with one attached hydrogen (secondary N) is 1. The van der Waals surface area contributed by atoms with Crippen molar-refractivity contribution in [2.75, 3.05) is 17.3 Å². The van der Waals surface area contributed by atoms with Crippen molar-refractivity contribution >= 4 is 33.2 Å². The third-order valence-electron chi connectivity index (χ3n) is 4.38. The molecular weight excluding hydrogens is 370 g/mol. The Morgan fingerprint density at radius 2 is 1.81 bits per heavy atom. The van der Waals surface area contributed by atoms with Crippen LogP contribution in [0.2, 0.25) is 0 Å². The molecule has 1 atom stereocenters. The molecule has 3 N–H and O–H groups in total. The van der Waals surface area contributed by atoms with Crippen LogP contribution >= 0.6 is 0 Å². The van der Waals surface area contributed by atoms with Crippen LogP contribution < -0.4 is 20.1 Å². The quantitative estimate of drug-likeness (QED) is 0.769. The molecule has 9 heteroatoms. The number of benzene rings is 2. The summed E-state index contributed by atoms with van der Waals surface area (Å²) in [6.07, 6.45) is 0. The lowest BCUT2D eigenvalue weighted by molar-refractivity contribution is -0.144. The van der Waals surface area contributed by atoms with Gasteiger partial charge in [0.1, 0.15) is 5.75 Å². The molecule has 2 aromatic rings. The number of sulfonamides is 1. The second-order valence-corrected chi connectivity index (χ2v) is 8.06. The highest BCUT2D eigenvalue weighted by Crippen LogP contribution is 2.38. The second-order valence-electron chi connectivity index (χ2n) is 6.49. The van der Waals surface area contributed by atoms with Crippen LogP contribution in [0.1, 0.15) is 12.5 Å². The molecule has 1 unspecified atom stereocenters. The number of nitrogens with two attached hydrogens (primary N) is 1. The van der Waals surface area contributed by atoms with Gasteiger partial charge in [-0.1, -0.05) is 6.07 Å². The van der Waals surface area contributed by atoms with E-state index in [0.717, 1.165) is 5.56 Å². The number of ether oxygens (including phenoxy) is 1. The third-order valence-corrected chi connectivity index (χ3v) is 5.31. The van der Waals surface area contributed by atoms with Gasteiger partial charge in [0, 0.05) is 12.7 Å². The fourth-order valence-corrected chi connectivity index (χ4v) is 3.31. The first-order chi connectivity index (χ1) is 12.5. The van der Waals surface area contributed by atoms with Crippen molar-refractivity contribution in [3.63, 3.8) is 0 Å². The van der Waals surface area contributed by atoms with E-state index < -0.39 is 27.4 Å². The molecule has 0 radical (unpaired) electrons. The van der Waals surface area contributed by atoms with Crippen molar-refractivity contribution < 1.29 is 22.7 Å². The molecular formula is C18H19N3O5S. The molecule has 2 aromatic carbocycles.